The summed E-state index contributed by atoms with van der Waals surface area (Å²) < 4.78 is 0. The lowest BCUT2D eigenvalue weighted by Gasteiger charge is -2.32. The lowest BCUT2D eigenvalue weighted by molar-refractivity contribution is -0.132. The molecule has 7 nitrogen and oxygen atoms in total. The molecule has 1 fully saturated rings. The third-order valence-corrected chi connectivity index (χ3v) is 5.23. The largest absolute Gasteiger partial charge is 0.352 e. The summed E-state index contributed by atoms with van der Waals surface area (Å²) in [7, 11) is 0. The highest BCUT2D eigenvalue weighted by molar-refractivity contribution is 6.27. The van der Waals surface area contributed by atoms with Crippen LogP contribution in [0, 0.1) is 0 Å². The van der Waals surface area contributed by atoms with Crippen LogP contribution in [0.4, 0.5) is 0 Å². The zero-order chi connectivity index (χ0) is 19.4. The Bertz CT molecular complexity index is 724. The number of hydrogen-bond donors (Lipinski definition) is 1. The molecule has 0 radical (unpaired) electrons. The molecule has 4 amide bonds. The van der Waals surface area contributed by atoms with Gasteiger partial charge in [-0.2, -0.15) is 0 Å². The molecule has 27 heavy (non-hydrogen) atoms. The Balaban J connectivity index is 1.43. The van der Waals surface area contributed by atoms with Gasteiger partial charge >= 0.3 is 0 Å². The first-order valence-electron chi connectivity index (χ1n) is 9.09. The summed E-state index contributed by atoms with van der Waals surface area (Å²) >= 11 is 5.48. The van der Waals surface area contributed by atoms with Crippen LogP contribution in [0.5, 0.6) is 0 Å². The van der Waals surface area contributed by atoms with E-state index >= 15 is 0 Å². The molecule has 2 aliphatic rings. The van der Waals surface area contributed by atoms with Crippen LogP contribution in [-0.2, 0) is 9.59 Å². The van der Waals surface area contributed by atoms with Crippen molar-refractivity contribution in [1.29, 1.82) is 0 Å². The average Bonchev–Trinajstić information content (AvgIpc) is 2.93. The molecule has 1 aromatic carbocycles. The molecule has 1 aromatic rings. The van der Waals surface area contributed by atoms with Gasteiger partial charge in [0.15, 0.2) is 0 Å². The summed E-state index contributed by atoms with van der Waals surface area (Å²) in [5.74, 6) is -0.828. The Morgan fingerprint density at radius 3 is 2.22 bits per heavy atom. The average molecular weight is 392 g/mol. The van der Waals surface area contributed by atoms with Gasteiger partial charge in [0.05, 0.1) is 11.1 Å². The predicted octanol–water partition coefficient (Wildman–Crippen LogP) is 1.41. The molecule has 0 spiro atoms. The predicted molar refractivity (Wildman–Crippen MR) is 99.5 cm³/mol. The Kier molecular flexibility index (Phi) is 6.11. The minimum atomic E-state index is -0.293. The first-order valence-corrected chi connectivity index (χ1v) is 9.63. The lowest BCUT2D eigenvalue weighted by atomic mass is 10.0. The number of nitrogens with one attached hydrogen (secondary N) is 1. The first-order chi connectivity index (χ1) is 13.0. The summed E-state index contributed by atoms with van der Waals surface area (Å²) in [4.78, 5) is 51.3. The lowest BCUT2D eigenvalue weighted by Crippen LogP contribution is -2.47. The molecule has 3 rings (SSSR count). The number of likely N-dealkylation sites (tertiary alicyclic amines) is 1. The topological polar surface area (TPSA) is 86.8 Å². The maximum absolute atomic E-state index is 12.4. The van der Waals surface area contributed by atoms with Crippen molar-refractivity contribution >= 4 is 35.2 Å². The van der Waals surface area contributed by atoms with Crippen LogP contribution in [0.2, 0.25) is 0 Å². The number of halogens is 1. The number of benzene rings is 1. The third kappa shape index (κ3) is 4.30. The fourth-order valence-electron chi connectivity index (χ4n) is 3.53. The van der Waals surface area contributed by atoms with Gasteiger partial charge in [-0.25, -0.2) is 0 Å². The van der Waals surface area contributed by atoms with Crippen LogP contribution in [0.1, 0.15) is 46.4 Å². The van der Waals surface area contributed by atoms with Crippen LogP contribution in [0.3, 0.4) is 0 Å². The minimum absolute atomic E-state index is 0.00808. The summed E-state index contributed by atoms with van der Waals surface area (Å²) in [6, 6.07) is 6.81. The van der Waals surface area contributed by atoms with E-state index in [1.165, 1.54) is 4.90 Å². The molecule has 0 unspecified atom stereocenters. The number of alkyl halides is 1. The van der Waals surface area contributed by atoms with E-state index in [4.69, 9.17) is 11.6 Å². The quantitative estimate of drug-likeness (QED) is 0.586. The van der Waals surface area contributed by atoms with Crippen LogP contribution < -0.4 is 5.32 Å². The highest BCUT2D eigenvalue weighted by atomic mass is 35.5. The number of rotatable bonds is 6. The number of nitrogens with zero attached hydrogens (tertiary/aromatic N) is 2. The van der Waals surface area contributed by atoms with Crippen LogP contribution in [-0.4, -0.2) is 65.0 Å². The van der Waals surface area contributed by atoms with Crippen LogP contribution in [0.25, 0.3) is 0 Å². The van der Waals surface area contributed by atoms with Gasteiger partial charge in [-0.15, -0.1) is 11.6 Å². The molecule has 2 aliphatic heterocycles. The van der Waals surface area contributed by atoms with E-state index in [2.05, 4.69) is 5.32 Å². The molecule has 144 valence electrons. The Hall–Kier alpha value is -2.41. The Morgan fingerprint density at radius 1 is 1.07 bits per heavy atom. The van der Waals surface area contributed by atoms with Gasteiger partial charge in [-0.1, -0.05) is 12.1 Å². The molecule has 0 saturated carbocycles. The monoisotopic (exact) mass is 391 g/mol. The van der Waals surface area contributed by atoms with Gasteiger partial charge in [-0.05, 0) is 31.4 Å². The van der Waals surface area contributed by atoms with Crippen molar-refractivity contribution in [3.05, 3.63) is 35.4 Å². The molecular formula is C19H22ClN3O4. The molecular weight excluding hydrogens is 370 g/mol. The van der Waals surface area contributed by atoms with Crippen molar-refractivity contribution in [2.45, 2.75) is 31.7 Å². The molecule has 1 saturated heterocycles. The van der Waals surface area contributed by atoms with Gasteiger partial charge in [-0.3, -0.25) is 24.1 Å². The highest BCUT2D eigenvalue weighted by Gasteiger charge is 2.34. The van der Waals surface area contributed by atoms with Crippen molar-refractivity contribution in [2.24, 2.45) is 0 Å². The molecule has 0 aromatic heterocycles. The molecule has 0 bridgehead atoms. The van der Waals surface area contributed by atoms with Gasteiger partial charge in [0.25, 0.3) is 11.8 Å². The van der Waals surface area contributed by atoms with Gasteiger partial charge in [0.2, 0.25) is 11.8 Å². The normalized spacial score (nSPS) is 17.2. The zero-order valence-electron chi connectivity index (χ0n) is 14.9. The second kappa shape index (κ2) is 8.52. The SMILES string of the molecule is O=C(CCl)NC1CCN(C(=O)CCCN2C(=O)c3ccccc3C2=O)CC1. The number of imide groups is 1. The minimum Gasteiger partial charge on any atom is -0.352 e. The number of carbonyl (C=O) groups is 4. The molecule has 0 atom stereocenters. The standard InChI is InChI=1S/C19H22ClN3O4/c20-12-16(24)21-13-7-10-22(11-8-13)17(25)6-3-9-23-18(26)14-4-1-2-5-15(14)19(23)27/h1-2,4-5,13H,3,6-12H2,(H,21,24). The summed E-state index contributed by atoms with van der Waals surface area (Å²) in [5.41, 5.74) is 0.852. The van der Waals surface area contributed by atoms with Crippen LogP contribution >= 0.6 is 11.6 Å². The van der Waals surface area contributed by atoms with E-state index in [1.54, 1.807) is 29.2 Å². The maximum Gasteiger partial charge on any atom is 0.261 e. The summed E-state index contributed by atoms with van der Waals surface area (Å²) in [6.07, 6.45) is 2.12. The smallest absolute Gasteiger partial charge is 0.261 e. The number of hydrogen-bond acceptors (Lipinski definition) is 4. The van der Waals surface area contributed by atoms with Gasteiger partial charge in [0.1, 0.15) is 5.88 Å². The number of carbonyl (C=O) groups excluding carboxylic acids is 4. The summed E-state index contributed by atoms with van der Waals surface area (Å²) in [5, 5.41) is 2.84. The molecule has 1 N–H and O–H groups in total. The fourth-order valence-corrected chi connectivity index (χ4v) is 3.61. The molecule has 8 heteroatoms. The third-order valence-electron chi connectivity index (χ3n) is 4.98. The molecule has 2 heterocycles. The fraction of sp³-hybridized carbons (Fsp3) is 0.474. The van der Waals surface area contributed by atoms with Crippen molar-refractivity contribution in [1.82, 2.24) is 15.1 Å². The van der Waals surface area contributed by atoms with E-state index in [9.17, 15) is 19.2 Å². The maximum atomic E-state index is 12.4. The van der Waals surface area contributed by atoms with Crippen molar-refractivity contribution in [3.8, 4) is 0 Å². The summed E-state index contributed by atoms with van der Waals surface area (Å²) in [6.45, 7) is 1.40. The van der Waals surface area contributed by atoms with E-state index in [0.29, 0.717) is 43.5 Å². The molecule has 0 aliphatic carbocycles. The van der Waals surface area contributed by atoms with Crippen LogP contribution in [0.15, 0.2) is 24.3 Å². The van der Waals surface area contributed by atoms with Crippen molar-refractivity contribution < 1.29 is 19.2 Å². The van der Waals surface area contributed by atoms with E-state index < -0.39 is 0 Å². The number of fused-ring (bicyclic) bond motifs is 1. The Labute approximate surface area is 162 Å². The van der Waals surface area contributed by atoms with Crippen molar-refractivity contribution in [3.63, 3.8) is 0 Å². The highest BCUT2D eigenvalue weighted by Crippen LogP contribution is 2.22. The zero-order valence-corrected chi connectivity index (χ0v) is 15.7. The number of piperidine rings is 1. The van der Waals surface area contributed by atoms with E-state index in [1.807, 2.05) is 0 Å². The van der Waals surface area contributed by atoms with Gasteiger partial charge in [0, 0.05) is 32.1 Å². The van der Waals surface area contributed by atoms with Gasteiger partial charge < -0.3 is 10.2 Å². The Morgan fingerprint density at radius 2 is 1.67 bits per heavy atom. The van der Waals surface area contributed by atoms with Crippen molar-refractivity contribution in [2.75, 3.05) is 25.5 Å². The first kappa shape index (κ1) is 19.4. The van der Waals surface area contributed by atoms with E-state index in [0.717, 1.165) is 0 Å². The number of amides is 4. The second-order valence-electron chi connectivity index (χ2n) is 6.77. The second-order valence-corrected chi connectivity index (χ2v) is 7.03. The van der Waals surface area contributed by atoms with E-state index in [-0.39, 0.29) is 48.5 Å².